The van der Waals surface area contributed by atoms with Crippen LogP contribution in [-0.4, -0.2) is 23.2 Å². The van der Waals surface area contributed by atoms with Gasteiger partial charge in [-0.3, -0.25) is 4.79 Å². The van der Waals surface area contributed by atoms with E-state index in [2.05, 4.69) is 36.5 Å². The van der Waals surface area contributed by atoms with Gasteiger partial charge in [0.1, 0.15) is 0 Å². The molecule has 5 atom stereocenters. The van der Waals surface area contributed by atoms with Gasteiger partial charge in [0.05, 0.1) is 5.92 Å². The first-order valence-electron chi connectivity index (χ1n) is 7.73. The number of carboxylic acids is 1. The highest BCUT2D eigenvalue weighted by Gasteiger charge is 2.58. The summed E-state index contributed by atoms with van der Waals surface area (Å²) < 4.78 is 0. The van der Waals surface area contributed by atoms with Crippen LogP contribution in [0.2, 0.25) is 0 Å². The standard InChI is InChI=1S/C17H21NO2.BrH/c1-2-17-9-15-11(16(19)20)8-13(17)14(18-15)7-10-5-3-4-6-12(10)17;/h3-6,11,13-15,18H,2,7-9H2,1H3,(H,19,20);1H/t11-,13?,14?,15?,17-;/m0./s1. The molecule has 0 radical (unpaired) electrons. The molecule has 0 amide bonds. The van der Waals surface area contributed by atoms with E-state index in [1.807, 2.05) is 0 Å². The summed E-state index contributed by atoms with van der Waals surface area (Å²) in [5, 5.41) is 13.1. The highest BCUT2D eigenvalue weighted by Crippen LogP contribution is 2.56. The van der Waals surface area contributed by atoms with Crippen molar-refractivity contribution in [2.45, 2.75) is 50.1 Å². The number of rotatable bonds is 2. The van der Waals surface area contributed by atoms with Gasteiger partial charge in [-0.05, 0) is 42.7 Å². The Kier molecular flexibility index (Phi) is 3.65. The van der Waals surface area contributed by atoms with Crippen molar-refractivity contribution in [3.63, 3.8) is 0 Å². The van der Waals surface area contributed by atoms with Crippen molar-refractivity contribution in [2.24, 2.45) is 11.8 Å². The second kappa shape index (κ2) is 5.10. The Morgan fingerprint density at radius 3 is 2.81 bits per heavy atom. The predicted molar refractivity (Wildman–Crippen MR) is 87.0 cm³/mol. The topological polar surface area (TPSA) is 49.3 Å². The second-order valence-corrected chi connectivity index (χ2v) is 6.74. The molecule has 2 saturated heterocycles. The summed E-state index contributed by atoms with van der Waals surface area (Å²) in [5.41, 5.74) is 3.18. The number of fused-ring (bicyclic) bond motifs is 2. The molecular formula is C17H22BrNO2. The minimum Gasteiger partial charge on any atom is -0.481 e. The molecule has 0 spiro atoms. The summed E-state index contributed by atoms with van der Waals surface area (Å²) in [7, 11) is 0. The summed E-state index contributed by atoms with van der Waals surface area (Å²) in [6.07, 6.45) is 4.01. The molecule has 4 heteroatoms. The average Bonchev–Trinajstić information content (AvgIpc) is 2.46. The average molecular weight is 352 g/mol. The van der Waals surface area contributed by atoms with E-state index in [0.717, 1.165) is 25.7 Å². The van der Waals surface area contributed by atoms with Gasteiger partial charge in [0.25, 0.3) is 0 Å². The van der Waals surface area contributed by atoms with Crippen LogP contribution < -0.4 is 5.32 Å². The van der Waals surface area contributed by atoms with Gasteiger partial charge in [0.15, 0.2) is 0 Å². The molecule has 3 fully saturated rings. The maximum Gasteiger partial charge on any atom is 0.308 e. The molecule has 1 saturated carbocycles. The minimum absolute atomic E-state index is 0. The molecule has 21 heavy (non-hydrogen) atoms. The zero-order valence-electron chi connectivity index (χ0n) is 12.2. The summed E-state index contributed by atoms with van der Waals surface area (Å²) in [4.78, 5) is 11.5. The Hall–Kier alpha value is -0.870. The first kappa shape index (κ1) is 15.0. The number of carboxylic acid groups (broad SMARTS) is 1. The van der Waals surface area contributed by atoms with E-state index in [0.29, 0.717) is 12.0 Å². The fraction of sp³-hybridized carbons (Fsp3) is 0.588. The molecule has 2 heterocycles. The smallest absolute Gasteiger partial charge is 0.308 e. The normalized spacial score (nSPS) is 39.3. The van der Waals surface area contributed by atoms with E-state index < -0.39 is 5.97 Å². The molecule has 114 valence electrons. The first-order valence-corrected chi connectivity index (χ1v) is 7.73. The van der Waals surface area contributed by atoms with Gasteiger partial charge in [-0.15, -0.1) is 17.0 Å². The van der Waals surface area contributed by atoms with Gasteiger partial charge >= 0.3 is 5.97 Å². The van der Waals surface area contributed by atoms with Crippen LogP contribution >= 0.6 is 17.0 Å². The van der Waals surface area contributed by atoms with Crippen LogP contribution in [0.5, 0.6) is 0 Å². The third-order valence-corrected chi connectivity index (χ3v) is 6.14. The number of halogens is 1. The van der Waals surface area contributed by atoms with Crippen molar-refractivity contribution >= 4 is 23.0 Å². The molecule has 3 nitrogen and oxygen atoms in total. The molecule has 1 aromatic carbocycles. The fourth-order valence-corrected chi connectivity index (χ4v) is 5.27. The molecular weight excluding hydrogens is 330 g/mol. The Morgan fingerprint density at radius 1 is 1.38 bits per heavy atom. The van der Waals surface area contributed by atoms with Gasteiger partial charge < -0.3 is 10.4 Å². The van der Waals surface area contributed by atoms with E-state index >= 15 is 0 Å². The fourth-order valence-electron chi connectivity index (χ4n) is 5.27. The number of hydrogen-bond acceptors (Lipinski definition) is 2. The molecule has 1 aromatic rings. The van der Waals surface area contributed by atoms with Gasteiger partial charge in [-0.1, -0.05) is 31.2 Å². The van der Waals surface area contributed by atoms with Crippen LogP contribution in [0.3, 0.4) is 0 Å². The lowest BCUT2D eigenvalue weighted by atomic mass is 9.49. The van der Waals surface area contributed by atoms with Gasteiger partial charge in [-0.2, -0.15) is 0 Å². The van der Waals surface area contributed by atoms with Crippen LogP contribution in [0.4, 0.5) is 0 Å². The van der Waals surface area contributed by atoms with Crippen molar-refractivity contribution in [1.29, 1.82) is 0 Å². The highest BCUT2D eigenvalue weighted by atomic mass is 79.9. The summed E-state index contributed by atoms with van der Waals surface area (Å²) in [6, 6.07) is 9.42. The van der Waals surface area contributed by atoms with E-state index in [1.54, 1.807) is 0 Å². The minimum atomic E-state index is -0.621. The number of piperidine rings is 2. The lowest BCUT2D eigenvalue weighted by Gasteiger charge is -2.61. The van der Waals surface area contributed by atoms with Crippen molar-refractivity contribution < 1.29 is 9.90 Å². The van der Waals surface area contributed by atoms with Gasteiger partial charge in [0.2, 0.25) is 0 Å². The van der Waals surface area contributed by atoms with Crippen LogP contribution in [0.1, 0.15) is 37.3 Å². The van der Waals surface area contributed by atoms with Crippen molar-refractivity contribution in [1.82, 2.24) is 5.32 Å². The molecule has 4 aliphatic rings. The number of hydrogen-bond donors (Lipinski definition) is 2. The SMILES string of the molecule is Br.CC[C@]12CC3NC(Cc4ccccc41)C2C[C@@H]3C(=O)O. The summed E-state index contributed by atoms with van der Waals surface area (Å²) in [5.74, 6) is -0.334. The number of nitrogens with one attached hydrogen (secondary N) is 1. The second-order valence-electron chi connectivity index (χ2n) is 6.74. The first-order chi connectivity index (χ1) is 9.65. The van der Waals surface area contributed by atoms with E-state index in [4.69, 9.17) is 0 Å². The Morgan fingerprint density at radius 2 is 2.14 bits per heavy atom. The van der Waals surface area contributed by atoms with Crippen LogP contribution in [0.15, 0.2) is 24.3 Å². The van der Waals surface area contributed by atoms with Gasteiger partial charge in [-0.25, -0.2) is 0 Å². The van der Waals surface area contributed by atoms with E-state index in [1.165, 1.54) is 11.1 Å². The molecule has 2 N–H and O–H groups in total. The van der Waals surface area contributed by atoms with E-state index in [-0.39, 0.29) is 34.4 Å². The molecule has 3 unspecified atom stereocenters. The number of carbonyl (C=O) groups is 1. The zero-order chi connectivity index (χ0) is 13.9. The van der Waals surface area contributed by atoms with Crippen LogP contribution in [0.25, 0.3) is 0 Å². The lowest BCUT2D eigenvalue weighted by Crippen LogP contribution is -2.69. The van der Waals surface area contributed by atoms with Crippen molar-refractivity contribution in [3.05, 3.63) is 35.4 Å². The summed E-state index contributed by atoms with van der Waals surface area (Å²) >= 11 is 0. The largest absolute Gasteiger partial charge is 0.481 e. The Balaban J connectivity index is 0.00000132. The lowest BCUT2D eigenvalue weighted by molar-refractivity contribution is -0.149. The third-order valence-electron chi connectivity index (χ3n) is 6.14. The van der Waals surface area contributed by atoms with Crippen molar-refractivity contribution in [3.8, 4) is 0 Å². The maximum atomic E-state index is 11.5. The molecule has 0 aromatic heterocycles. The van der Waals surface area contributed by atoms with Crippen molar-refractivity contribution in [2.75, 3.05) is 0 Å². The molecule has 2 aliphatic carbocycles. The maximum absolute atomic E-state index is 11.5. The van der Waals surface area contributed by atoms with Gasteiger partial charge in [0, 0.05) is 17.5 Å². The quantitative estimate of drug-likeness (QED) is 0.861. The molecule has 5 rings (SSSR count). The predicted octanol–water partition coefficient (Wildman–Crippen LogP) is 2.92. The highest BCUT2D eigenvalue weighted by molar-refractivity contribution is 8.93. The Labute approximate surface area is 135 Å². The zero-order valence-corrected chi connectivity index (χ0v) is 13.9. The monoisotopic (exact) mass is 351 g/mol. The van der Waals surface area contributed by atoms with Crippen LogP contribution in [0, 0.1) is 11.8 Å². The summed E-state index contributed by atoms with van der Waals surface area (Å²) in [6.45, 7) is 2.27. The number of benzene rings is 1. The Bertz CT molecular complexity index is 576. The molecule has 2 aliphatic heterocycles. The van der Waals surface area contributed by atoms with E-state index in [9.17, 15) is 9.90 Å². The van der Waals surface area contributed by atoms with Crippen LogP contribution in [-0.2, 0) is 16.6 Å². The third kappa shape index (κ3) is 1.92. The molecule has 4 bridgehead atoms. The number of aliphatic carboxylic acids is 1.